The predicted octanol–water partition coefficient (Wildman–Crippen LogP) is 4.65. The summed E-state index contributed by atoms with van der Waals surface area (Å²) in [7, 11) is 0. The summed E-state index contributed by atoms with van der Waals surface area (Å²) in [5.74, 6) is 0. The summed E-state index contributed by atoms with van der Waals surface area (Å²) in [6.07, 6.45) is 3.52. The van der Waals surface area contributed by atoms with Crippen LogP contribution in [0.3, 0.4) is 0 Å². The quantitative estimate of drug-likeness (QED) is 0.796. The number of hydrogen-bond acceptors (Lipinski definition) is 2. The van der Waals surface area contributed by atoms with Gasteiger partial charge in [-0.05, 0) is 42.5 Å². The molecule has 110 valence electrons. The van der Waals surface area contributed by atoms with Crippen molar-refractivity contribution in [1.82, 2.24) is 0 Å². The van der Waals surface area contributed by atoms with Gasteiger partial charge >= 0.3 is 0 Å². The fourth-order valence-corrected chi connectivity index (χ4v) is 3.13. The number of halogens is 1. The number of benzene rings is 1. The molecule has 1 unspecified atom stereocenters. The maximum Gasteiger partial charge on any atom is 0.0418 e. The van der Waals surface area contributed by atoms with Crippen LogP contribution in [0.2, 0.25) is 0 Å². The molecule has 2 N–H and O–H groups in total. The highest BCUT2D eigenvalue weighted by atomic mass is 79.9. The van der Waals surface area contributed by atoms with Crippen LogP contribution in [0.5, 0.6) is 0 Å². The van der Waals surface area contributed by atoms with Crippen LogP contribution in [0.15, 0.2) is 34.3 Å². The molecule has 1 aliphatic heterocycles. The minimum absolute atomic E-state index is 0.0514. The normalized spacial score (nSPS) is 17.9. The first kappa shape index (κ1) is 15.6. The zero-order chi connectivity index (χ0) is 14.9. The average Bonchev–Trinajstić information content (AvgIpc) is 2.37. The molecule has 0 saturated heterocycles. The highest BCUT2D eigenvalue weighted by Crippen LogP contribution is 2.34. The van der Waals surface area contributed by atoms with Gasteiger partial charge in [0.25, 0.3) is 0 Å². The van der Waals surface area contributed by atoms with E-state index in [0.717, 1.165) is 24.0 Å². The molecular formula is C17H25BrN2. The van der Waals surface area contributed by atoms with E-state index in [-0.39, 0.29) is 11.5 Å². The Morgan fingerprint density at radius 1 is 1.30 bits per heavy atom. The first-order valence-electron chi connectivity index (χ1n) is 7.28. The van der Waals surface area contributed by atoms with Crippen LogP contribution in [-0.4, -0.2) is 13.1 Å². The van der Waals surface area contributed by atoms with Crippen LogP contribution in [-0.2, 0) is 0 Å². The lowest BCUT2D eigenvalue weighted by Gasteiger charge is -2.35. The van der Waals surface area contributed by atoms with Crippen molar-refractivity contribution in [3.8, 4) is 0 Å². The number of nitrogens with zero attached hydrogens (tertiary/aromatic N) is 1. The highest BCUT2D eigenvalue weighted by molar-refractivity contribution is 9.10. The van der Waals surface area contributed by atoms with Gasteiger partial charge in [-0.1, -0.05) is 48.4 Å². The molecular weight excluding hydrogens is 312 g/mol. The molecule has 3 heteroatoms. The Kier molecular flexibility index (Phi) is 4.60. The Morgan fingerprint density at radius 3 is 2.50 bits per heavy atom. The molecule has 0 fully saturated rings. The Hall–Kier alpha value is -0.800. The Labute approximate surface area is 131 Å². The van der Waals surface area contributed by atoms with Crippen LogP contribution in [0.4, 0.5) is 5.69 Å². The predicted molar refractivity (Wildman–Crippen MR) is 91.1 cm³/mol. The molecule has 1 heterocycles. The second-order valence-corrected chi connectivity index (χ2v) is 7.58. The zero-order valence-corrected chi connectivity index (χ0v) is 14.5. The summed E-state index contributed by atoms with van der Waals surface area (Å²) in [5.41, 5.74) is 10.5. The first-order chi connectivity index (χ1) is 9.29. The van der Waals surface area contributed by atoms with E-state index in [0.29, 0.717) is 0 Å². The summed E-state index contributed by atoms with van der Waals surface area (Å²) in [6, 6.07) is 6.47. The number of nitrogens with two attached hydrogens (primary N) is 1. The largest absolute Gasteiger partial charge is 0.367 e. The molecule has 1 aromatic carbocycles. The summed E-state index contributed by atoms with van der Waals surface area (Å²) in [4.78, 5) is 2.43. The molecule has 0 bridgehead atoms. The molecule has 1 aliphatic rings. The van der Waals surface area contributed by atoms with E-state index in [1.165, 1.54) is 11.3 Å². The molecule has 2 nitrogen and oxygen atoms in total. The van der Waals surface area contributed by atoms with Crippen molar-refractivity contribution in [1.29, 1.82) is 0 Å². The average molecular weight is 337 g/mol. The van der Waals surface area contributed by atoms with E-state index >= 15 is 0 Å². The van der Waals surface area contributed by atoms with Gasteiger partial charge in [0.2, 0.25) is 0 Å². The van der Waals surface area contributed by atoms with Gasteiger partial charge in [-0.2, -0.15) is 0 Å². The number of hydrogen-bond donors (Lipinski definition) is 1. The summed E-state index contributed by atoms with van der Waals surface area (Å²) in [6.45, 7) is 11.0. The van der Waals surface area contributed by atoms with Crippen LogP contribution >= 0.6 is 15.9 Å². The van der Waals surface area contributed by atoms with Crippen molar-refractivity contribution in [2.24, 2.45) is 11.1 Å². The van der Waals surface area contributed by atoms with Gasteiger partial charge in [0.1, 0.15) is 0 Å². The minimum Gasteiger partial charge on any atom is -0.367 e. The van der Waals surface area contributed by atoms with Gasteiger partial charge in [-0.3, -0.25) is 0 Å². The summed E-state index contributed by atoms with van der Waals surface area (Å²) >= 11 is 3.54. The lowest BCUT2D eigenvalue weighted by molar-refractivity contribution is 0.472. The van der Waals surface area contributed by atoms with Gasteiger partial charge < -0.3 is 10.6 Å². The topological polar surface area (TPSA) is 29.3 Å². The standard InChI is InChI=1S/C17H25BrN2/c1-12(19)15-11-14(18)5-6-16(15)20-9-7-13(8-10-20)17(2,3)4/h5-7,11-12H,8-10,19H2,1-4H3. The number of rotatable bonds is 2. The molecule has 0 saturated carbocycles. The Morgan fingerprint density at radius 2 is 2.00 bits per heavy atom. The van der Waals surface area contributed by atoms with E-state index in [9.17, 15) is 0 Å². The fourth-order valence-electron chi connectivity index (χ4n) is 2.75. The van der Waals surface area contributed by atoms with Crippen molar-refractivity contribution in [2.75, 3.05) is 18.0 Å². The lowest BCUT2D eigenvalue weighted by Crippen LogP contribution is -2.32. The monoisotopic (exact) mass is 336 g/mol. The third-order valence-corrected chi connectivity index (χ3v) is 4.49. The molecule has 0 aromatic heterocycles. The first-order valence-corrected chi connectivity index (χ1v) is 8.08. The van der Waals surface area contributed by atoms with Crippen LogP contribution in [0, 0.1) is 5.41 Å². The molecule has 0 amide bonds. The molecule has 20 heavy (non-hydrogen) atoms. The summed E-state index contributed by atoms with van der Waals surface area (Å²) < 4.78 is 1.09. The highest BCUT2D eigenvalue weighted by Gasteiger charge is 2.22. The van der Waals surface area contributed by atoms with Gasteiger partial charge in [0.15, 0.2) is 0 Å². The lowest BCUT2D eigenvalue weighted by atomic mass is 9.83. The van der Waals surface area contributed by atoms with Crippen LogP contribution in [0.1, 0.15) is 45.7 Å². The Bertz CT molecular complexity index is 512. The van der Waals surface area contributed by atoms with Crippen LogP contribution < -0.4 is 10.6 Å². The van der Waals surface area contributed by atoms with Gasteiger partial charge in [-0.25, -0.2) is 0 Å². The van der Waals surface area contributed by atoms with Crippen molar-refractivity contribution < 1.29 is 0 Å². The van der Waals surface area contributed by atoms with E-state index in [1.807, 2.05) is 6.92 Å². The maximum atomic E-state index is 6.12. The van der Waals surface area contributed by atoms with E-state index in [2.05, 4.69) is 65.9 Å². The van der Waals surface area contributed by atoms with Gasteiger partial charge in [0.05, 0.1) is 0 Å². The summed E-state index contributed by atoms with van der Waals surface area (Å²) in [5, 5.41) is 0. The van der Waals surface area contributed by atoms with Crippen molar-refractivity contribution in [2.45, 2.75) is 40.2 Å². The van der Waals surface area contributed by atoms with Gasteiger partial charge in [0, 0.05) is 29.3 Å². The van der Waals surface area contributed by atoms with Crippen molar-refractivity contribution in [3.63, 3.8) is 0 Å². The van der Waals surface area contributed by atoms with Crippen molar-refractivity contribution in [3.05, 3.63) is 39.9 Å². The molecule has 1 aromatic rings. The smallest absolute Gasteiger partial charge is 0.0418 e. The van der Waals surface area contributed by atoms with Crippen LogP contribution in [0.25, 0.3) is 0 Å². The third kappa shape index (κ3) is 3.44. The SMILES string of the molecule is CC(N)c1cc(Br)ccc1N1CC=C(C(C)(C)C)CC1. The van der Waals surface area contributed by atoms with E-state index in [1.54, 1.807) is 5.57 Å². The number of anilines is 1. The molecule has 0 aliphatic carbocycles. The molecule has 0 spiro atoms. The second-order valence-electron chi connectivity index (χ2n) is 6.67. The Balaban J connectivity index is 2.25. The third-order valence-electron chi connectivity index (χ3n) is 3.99. The fraction of sp³-hybridized carbons (Fsp3) is 0.529. The zero-order valence-electron chi connectivity index (χ0n) is 12.9. The molecule has 0 radical (unpaired) electrons. The molecule has 2 rings (SSSR count). The maximum absolute atomic E-state index is 6.12. The van der Waals surface area contributed by atoms with Crippen molar-refractivity contribution >= 4 is 21.6 Å². The van der Waals surface area contributed by atoms with E-state index in [4.69, 9.17) is 5.73 Å². The molecule has 1 atom stereocenters. The minimum atomic E-state index is 0.0514. The second kappa shape index (κ2) is 5.90. The van der Waals surface area contributed by atoms with Gasteiger partial charge in [-0.15, -0.1) is 0 Å². The van der Waals surface area contributed by atoms with E-state index < -0.39 is 0 Å².